The average molecular weight is 299 g/mol. The van der Waals surface area contributed by atoms with E-state index in [2.05, 4.69) is 5.32 Å². The van der Waals surface area contributed by atoms with E-state index in [1.54, 1.807) is 0 Å². The zero-order chi connectivity index (χ0) is 14.9. The summed E-state index contributed by atoms with van der Waals surface area (Å²) in [6, 6.07) is 5.38. The number of anilines is 3. The van der Waals surface area contributed by atoms with Gasteiger partial charge in [0.05, 0.1) is 22.0 Å². The summed E-state index contributed by atoms with van der Waals surface area (Å²) in [5.74, 6) is -2.88. The SMILES string of the molecule is Nc1cc(Cl)c(Nc2ccc(F)cc2F)c(C(=O)O)c1. The second-order valence-corrected chi connectivity index (χ2v) is 4.39. The molecule has 7 heteroatoms. The number of halogens is 3. The Morgan fingerprint density at radius 2 is 1.95 bits per heavy atom. The minimum atomic E-state index is -1.27. The monoisotopic (exact) mass is 298 g/mol. The maximum atomic E-state index is 13.6. The van der Waals surface area contributed by atoms with E-state index >= 15 is 0 Å². The number of nitrogens with one attached hydrogen (secondary N) is 1. The zero-order valence-corrected chi connectivity index (χ0v) is 10.7. The van der Waals surface area contributed by atoms with Crippen molar-refractivity contribution in [3.63, 3.8) is 0 Å². The maximum absolute atomic E-state index is 13.6. The van der Waals surface area contributed by atoms with Crippen molar-refractivity contribution >= 4 is 34.6 Å². The van der Waals surface area contributed by atoms with E-state index < -0.39 is 17.6 Å². The summed E-state index contributed by atoms with van der Waals surface area (Å²) in [4.78, 5) is 11.1. The van der Waals surface area contributed by atoms with Crippen LogP contribution in [-0.4, -0.2) is 11.1 Å². The number of benzene rings is 2. The van der Waals surface area contributed by atoms with E-state index in [-0.39, 0.29) is 27.6 Å². The number of aromatic carboxylic acids is 1. The van der Waals surface area contributed by atoms with Crippen LogP contribution in [-0.2, 0) is 0 Å². The third-order valence-electron chi connectivity index (χ3n) is 2.53. The Morgan fingerprint density at radius 3 is 2.55 bits per heavy atom. The molecule has 0 unspecified atom stereocenters. The summed E-state index contributed by atoms with van der Waals surface area (Å²) < 4.78 is 26.4. The average Bonchev–Trinajstić information content (AvgIpc) is 2.34. The third-order valence-corrected chi connectivity index (χ3v) is 2.83. The first-order valence-electron chi connectivity index (χ1n) is 5.43. The number of hydrogen-bond acceptors (Lipinski definition) is 3. The third kappa shape index (κ3) is 2.80. The maximum Gasteiger partial charge on any atom is 0.337 e. The van der Waals surface area contributed by atoms with E-state index in [4.69, 9.17) is 22.4 Å². The highest BCUT2D eigenvalue weighted by Gasteiger charge is 2.16. The standard InChI is InChI=1S/C13H9ClF2N2O2/c14-9-5-7(17)4-8(13(19)20)12(9)18-11-2-1-6(15)3-10(11)16/h1-5,18H,17H2,(H,19,20). The lowest BCUT2D eigenvalue weighted by molar-refractivity contribution is 0.0698. The van der Waals surface area contributed by atoms with E-state index in [1.165, 1.54) is 12.1 Å². The van der Waals surface area contributed by atoms with E-state index in [0.29, 0.717) is 6.07 Å². The molecule has 4 nitrogen and oxygen atoms in total. The molecule has 2 aromatic carbocycles. The minimum absolute atomic E-state index is 0.0149. The molecule has 0 bridgehead atoms. The second kappa shape index (κ2) is 5.34. The van der Waals surface area contributed by atoms with E-state index in [0.717, 1.165) is 12.1 Å². The number of rotatable bonds is 3. The Labute approximate surface area is 117 Å². The van der Waals surface area contributed by atoms with Crippen molar-refractivity contribution in [2.75, 3.05) is 11.1 Å². The molecule has 0 aliphatic carbocycles. The van der Waals surface area contributed by atoms with Gasteiger partial charge in [-0.1, -0.05) is 11.6 Å². The molecule has 0 aliphatic heterocycles. The van der Waals surface area contributed by atoms with E-state index in [1.807, 2.05) is 0 Å². The fourth-order valence-electron chi connectivity index (χ4n) is 1.65. The largest absolute Gasteiger partial charge is 0.478 e. The van der Waals surface area contributed by atoms with Gasteiger partial charge in [0.2, 0.25) is 0 Å². The number of nitrogens with two attached hydrogens (primary N) is 1. The van der Waals surface area contributed by atoms with Gasteiger partial charge in [0.1, 0.15) is 11.6 Å². The summed E-state index contributed by atoms with van der Waals surface area (Å²) in [6.07, 6.45) is 0. The minimum Gasteiger partial charge on any atom is -0.478 e. The van der Waals surface area contributed by atoms with Crippen LogP contribution in [0.2, 0.25) is 5.02 Å². The molecular weight excluding hydrogens is 290 g/mol. The predicted molar refractivity (Wildman–Crippen MR) is 72.5 cm³/mol. The molecule has 0 radical (unpaired) electrons. The second-order valence-electron chi connectivity index (χ2n) is 3.98. The molecule has 0 spiro atoms. The van der Waals surface area contributed by atoms with Crippen LogP contribution in [0.3, 0.4) is 0 Å². The van der Waals surface area contributed by atoms with Crippen LogP contribution in [0.4, 0.5) is 25.8 Å². The highest BCUT2D eigenvalue weighted by atomic mass is 35.5. The lowest BCUT2D eigenvalue weighted by Gasteiger charge is -2.13. The first-order chi connectivity index (χ1) is 9.38. The number of carboxylic acids is 1. The van der Waals surface area contributed by atoms with Crippen molar-refractivity contribution in [1.29, 1.82) is 0 Å². The van der Waals surface area contributed by atoms with Crippen LogP contribution in [0, 0.1) is 11.6 Å². The quantitative estimate of drug-likeness (QED) is 0.756. The van der Waals surface area contributed by atoms with Crippen molar-refractivity contribution in [3.8, 4) is 0 Å². The van der Waals surface area contributed by atoms with Crippen molar-refractivity contribution in [2.24, 2.45) is 0 Å². The number of carbonyl (C=O) groups is 1. The van der Waals surface area contributed by atoms with Crippen LogP contribution in [0.5, 0.6) is 0 Å². The van der Waals surface area contributed by atoms with Gasteiger partial charge in [0.15, 0.2) is 0 Å². The molecule has 0 saturated heterocycles. The number of nitrogen functional groups attached to an aromatic ring is 1. The van der Waals surface area contributed by atoms with Crippen molar-refractivity contribution in [1.82, 2.24) is 0 Å². The summed E-state index contributed by atoms with van der Waals surface area (Å²) in [7, 11) is 0. The van der Waals surface area contributed by atoms with Crippen molar-refractivity contribution in [3.05, 3.63) is 52.6 Å². The molecule has 0 aliphatic rings. The van der Waals surface area contributed by atoms with Gasteiger partial charge >= 0.3 is 5.97 Å². The van der Waals surface area contributed by atoms with Crippen LogP contribution >= 0.6 is 11.6 Å². The molecule has 2 aromatic rings. The van der Waals surface area contributed by atoms with Gasteiger partial charge in [0.25, 0.3) is 0 Å². The van der Waals surface area contributed by atoms with E-state index in [9.17, 15) is 13.6 Å². The van der Waals surface area contributed by atoms with Crippen molar-refractivity contribution in [2.45, 2.75) is 0 Å². The molecule has 0 saturated carbocycles. The number of hydrogen-bond donors (Lipinski definition) is 3. The molecule has 4 N–H and O–H groups in total. The molecule has 0 atom stereocenters. The molecule has 0 fully saturated rings. The van der Waals surface area contributed by atoms with Gasteiger partial charge < -0.3 is 16.2 Å². The molecule has 0 aromatic heterocycles. The highest BCUT2D eigenvalue weighted by molar-refractivity contribution is 6.34. The van der Waals surface area contributed by atoms with Crippen LogP contribution in [0.25, 0.3) is 0 Å². The van der Waals surface area contributed by atoms with Gasteiger partial charge in [-0.3, -0.25) is 0 Å². The first kappa shape index (κ1) is 14.1. The molecule has 0 amide bonds. The van der Waals surface area contributed by atoms with Gasteiger partial charge in [0, 0.05) is 11.8 Å². The van der Waals surface area contributed by atoms with Crippen molar-refractivity contribution < 1.29 is 18.7 Å². The molecular formula is C13H9ClF2N2O2. The summed E-state index contributed by atoms with van der Waals surface area (Å²) in [6.45, 7) is 0. The molecule has 2 rings (SSSR count). The van der Waals surface area contributed by atoms with Crippen LogP contribution in [0.15, 0.2) is 30.3 Å². The predicted octanol–water partition coefficient (Wildman–Crippen LogP) is 3.64. The Balaban J connectivity index is 2.50. The van der Waals surface area contributed by atoms with Crippen LogP contribution in [0.1, 0.15) is 10.4 Å². The highest BCUT2D eigenvalue weighted by Crippen LogP contribution is 2.32. The van der Waals surface area contributed by atoms with Gasteiger partial charge in [-0.2, -0.15) is 0 Å². The fraction of sp³-hybridized carbons (Fsp3) is 0. The van der Waals surface area contributed by atoms with Gasteiger partial charge in [-0.15, -0.1) is 0 Å². The molecule has 20 heavy (non-hydrogen) atoms. The lowest BCUT2D eigenvalue weighted by Crippen LogP contribution is -2.06. The summed E-state index contributed by atoms with van der Waals surface area (Å²) in [5.41, 5.74) is 5.35. The topological polar surface area (TPSA) is 75.3 Å². The summed E-state index contributed by atoms with van der Waals surface area (Å²) in [5, 5.41) is 11.7. The smallest absolute Gasteiger partial charge is 0.337 e. The molecule has 104 valence electrons. The van der Waals surface area contributed by atoms with Crippen LogP contribution < -0.4 is 11.1 Å². The Hall–Kier alpha value is -2.34. The summed E-state index contributed by atoms with van der Waals surface area (Å²) >= 11 is 5.91. The number of carboxylic acid groups (broad SMARTS) is 1. The molecule has 0 heterocycles. The Bertz CT molecular complexity index is 692. The normalized spacial score (nSPS) is 10.3. The Kier molecular flexibility index (Phi) is 3.76. The lowest BCUT2D eigenvalue weighted by atomic mass is 10.1. The zero-order valence-electron chi connectivity index (χ0n) is 9.95. The van der Waals surface area contributed by atoms with Gasteiger partial charge in [-0.25, -0.2) is 13.6 Å². The fourth-order valence-corrected chi connectivity index (χ4v) is 1.92. The van der Waals surface area contributed by atoms with Gasteiger partial charge in [-0.05, 0) is 24.3 Å². The first-order valence-corrected chi connectivity index (χ1v) is 5.80. The Morgan fingerprint density at radius 1 is 1.25 bits per heavy atom.